The molecule has 0 radical (unpaired) electrons. The molecule has 1 fully saturated rings. The molecule has 0 aliphatic carbocycles. The van der Waals surface area contributed by atoms with Gasteiger partial charge in [0.25, 0.3) is 0 Å². The molecular weight excluding hydrogens is 247 g/mol. The van der Waals surface area contributed by atoms with Crippen LogP contribution in [-0.2, 0) is 4.79 Å². The lowest BCUT2D eigenvalue weighted by Crippen LogP contribution is -2.45. The first-order chi connectivity index (χ1) is 9.16. The van der Waals surface area contributed by atoms with E-state index in [9.17, 15) is 9.18 Å². The molecule has 1 N–H and O–H groups in total. The number of amides is 1. The third-order valence-corrected chi connectivity index (χ3v) is 3.28. The average Bonchev–Trinajstić information content (AvgIpc) is 2.35. The van der Waals surface area contributed by atoms with Crippen LogP contribution in [-0.4, -0.2) is 44.1 Å². The molecule has 1 aliphatic heterocycles. The molecule has 0 unspecified atom stereocenters. The second kappa shape index (κ2) is 6.52. The Kier molecular flexibility index (Phi) is 4.74. The van der Waals surface area contributed by atoms with Crippen LogP contribution in [0, 0.1) is 11.7 Å². The molecule has 0 aromatic heterocycles. The van der Waals surface area contributed by atoms with E-state index in [4.69, 9.17) is 4.74 Å². The zero-order chi connectivity index (χ0) is 13.7. The molecule has 1 saturated heterocycles. The quantitative estimate of drug-likeness (QED) is 0.843. The number of carbonyl (C=O) groups is 1. The summed E-state index contributed by atoms with van der Waals surface area (Å²) in [5.74, 6) is 0.426. The van der Waals surface area contributed by atoms with E-state index in [1.807, 2.05) is 0 Å². The van der Waals surface area contributed by atoms with E-state index in [1.54, 1.807) is 30.1 Å². The molecule has 0 saturated carbocycles. The van der Waals surface area contributed by atoms with Gasteiger partial charge in [-0.2, -0.15) is 0 Å². The van der Waals surface area contributed by atoms with E-state index >= 15 is 0 Å². The van der Waals surface area contributed by atoms with Gasteiger partial charge in [-0.15, -0.1) is 0 Å². The van der Waals surface area contributed by atoms with Gasteiger partial charge < -0.3 is 15.0 Å². The lowest BCUT2D eigenvalue weighted by molar-refractivity contribution is -0.131. The Bertz CT molecular complexity index is 435. The van der Waals surface area contributed by atoms with Crippen molar-refractivity contribution in [2.45, 2.75) is 6.42 Å². The molecule has 19 heavy (non-hydrogen) atoms. The van der Waals surface area contributed by atoms with Gasteiger partial charge in [0.2, 0.25) is 5.91 Å². The fraction of sp³-hybridized carbons (Fsp3) is 0.500. The highest BCUT2D eigenvalue weighted by Gasteiger charge is 2.21. The highest BCUT2D eigenvalue weighted by Crippen LogP contribution is 2.15. The number of benzene rings is 1. The molecule has 0 spiro atoms. The van der Waals surface area contributed by atoms with Gasteiger partial charge in [-0.25, -0.2) is 4.39 Å². The van der Waals surface area contributed by atoms with Crippen LogP contribution in [0.25, 0.3) is 0 Å². The summed E-state index contributed by atoms with van der Waals surface area (Å²) in [4.78, 5) is 13.5. The number of para-hydroxylation sites is 1. The Morgan fingerprint density at radius 2 is 2.21 bits per heavy atom. The lowest BCUT2D eigenvalue weighted by Gasteiger charge is -2.28. The number of hydrogen-bond donors (Lipinski definition) is 1. The maximum atomic E-state index is 13.3. The smallest absolute Gasteiger partial charge is 0.222 e. The number of ether oxygens (including phenoxy) is 1. The summed E-state index contributed by atoms with van der Waals surface area (Å²) in [5.41, 5.74) is 0. The van der Waals surface area contributed by atoms with Crippen molar-refractivity contribution in [2.24, 2.45) is 5.92 Å². The zero-order valence-electron chi connectivity index (χ0n) is 11.1. The van der Waals surface area contributed by atoms with Crippen LogP contribution in [0.4, 0.5) is 4.39 Å². The van der Waals surface area contributed by atoms with Crippen molar-refractivity contribution in [3.05, 3.63) is 30.1 Å². The van der Waals surface area contributed by atoms with Crippen molar-refractivity contribution in [2.75, 3.05) is 33.3 Å². The third-order valence-electron chi connectivity index (χ3n) is 3.28. The summed E-state index contributed by atoms with van der Waals surface area (Å²) in [6, 6.07) is 6.27. The summed E-state index contributed by atoms with van der Waals surface area (Å²) >= 11 is 0. The summed E-state index contributed by atoms with van der Waals surface area (Å²) < 4.78 is 18.6. The summed E-state index contributed by atoms with van der Waals surface area (Å²) in [6.45, 7) is 2.61. The molecule has 104 valence electrons. The fourth-order valence-corrected chi connectivity index (χ4v) is 1.87. The van der Waals surface area contributed by atoms with Gasteiger partial charge in [0, 0.05) is 13.5 Å². The van der Waals surface area contributed by atoms with Gasteiger partial charge in [0.15, 0.2) is 11.6 Å². The van der Waals surface area contributed by atoms with E-state index < -0.39 is 0 Å². The molecule has 1 aromatic carbocycles. The van der Waals surface area contributed by atoms with Crippen molar-refractivity contribution in [3.63, 3.8) is 0 Å². The van der Waals surface area contributed by atoms with Crippen molar-refractivity contribution in [3.8, 4) is 5.75 Å². The minimum absolute atomic E-state index is 0.114. The van der Waals surface area contributed by atoms with Crippen LogP contribution in [0.3, 0.4) is 0 Å². The predicted molar refractivity (Wildman–Crippen MR) is 70.5 cm³/mol. The Labute approximate surface area is 112 Å². The van der Waals surface area contributed by atoms with Crippen LogP contribution in [0.15, 0.2) is 24.3 Å². The lowest BCUT2D eigenvalue weighted by atomic mass is 9.99. The standard InChI is InChI=1S/C14H19FN2O2/c1-17(14(18)8-11-9-16-10-11)6-7-19-13-5-3-2-4-12(13)15/h2-5,11,16H,6-10H2,1H3. The normalized spacial score (nSPS) is 14.8. The molecule has 1 aromatic rings. The van der Waals surface area contributed by atoms with Gasteiger partial charge >= 0.3 is 0 Å². The van der Waals surface area contributed by atoms with Crippen LogP contribution in [0.1, 0.15) is 6.42 Å². The summed E-state index contributed by atoms with van der Waals surface area (Å²) in [5, 5.41) is 3.14. The number of rotatable bonds is 6. The number of halogens is 1. The molecule has 0 atom stereocenters. The largest absolute Gasteiger partial charge is 0.489 e. The predicted octanol–water partition coefficient (Wildman–Crippen LogP) is 1.27. The fourth-order valence-electron chi connectivity index (χ4n) is 1.87. The number of nitrogens with zero attached hydrogens (tertiary/aromatic N) is 1. The number of nitrogens with one attached hydrogen (secondary N) is 1. The third kappa shape index (κ3) is 3.92. The highest BCUT2D eigenvalue weighted by molar-refractivity contribution is 5.76. The molecule has 2 rings (SSSR count). The first-order valence-electron chi connectivity index (χ1n) is 6.49. The topological polar surface area (TPSA) is 41.6 Å². The minimum Gasteiger partial charge on any atom is -0.489 e. The average molecular weight is 266 g/mol. The van der Waals surface area contributed by atoms with Gasteiger partial charge in [0.05, 0.1) is 6.54 Å². The molecule has 0 bridgehead atoms. The van der Waals surface area contributed by atoms with Crippen LogP contribution >= 0.6 is 0 Å². The first kappa shape index (κ1) is 13.8. The summed E-state index contributed by atoms with van der Waals surface area (Å²) in [7, 11) is 1.75. The number of hydrogen-bond acceptors (Lipinski definition) is 3. The Morgan fingerprint density at radius 1 is 1.47 bits per heavy atom. The van der Waals surface area contributed by atoms with E-state index in [1.165, 1.54) is 6.07 Å². The second-order valence-electron chi connectivity index (χ2n) is 4.82. The van der Waals surface area contributed by atoms with Crippen molar-refractivity contribution >= 4 is 5.91 Å². The van der Waals surface area contributed by atoms with Gasteiger partial charge in [-0.1, -0.05) is 12.1 Å². The Morgan fingerprint density at radius 3 is 2.84 bits per heavy atom. The van der Waals surface area contributed by atoms with Gasteiger partial charge in [-0.05, 0) is 31.1 Å². The highest BCUT2D eigenvalue weighted by atomic mass is 19.1. The number of carbonyl (C=O) groups excluding carboxylic acids is 1. The van der Waals surface area contributed by atoms with Crippen LogP contribution < -0.4 is 10.1 Å². The minimum atomic E-state index is -0.378. The van der Waals surface area contributed by atoms with E-state index in [0.717, 1.165) is 13.1 Å². The van der Waals surface area contributed by atoms with E-state index in [-0.39, 0.29) is 17.5 Å². The maximum Gasteiger partial charge on any atom is 0.222 e. The molecule has 5 heteroatoms. The zero-order valence-corrected chi connectivity index (χ0v) is 11.1. The molecule has 1 heterocycles. The maximum absolute atomic E-state index is 13.3. The first-order valence-corrected chi connectivity index (χ1v) is 6.49. The summed E-state index contributed by atoms with van der Waals surface area (Å²) in [6.07, 6.45) is 0.573. The van der Waals surface area contributed by atoms with Crippen LogP contribution in [0.5, 0.6) is 5.75 Å². The van der Waals surface area contributed by atoms with Gasteiger partial charge in [0.1, 0.15) is 6.61 Å². The molecule has 1 amide bonds. The van der Waals surface area contributed by atoms with Gasteiger partial charge in [-0.3, -0.25) is 4.79 Å². The Hall–Kier alpha value is -1.62. The SMILES string of the molecule is CN(CCOc1ccccc1F)C(=O)CC1CNC1. The molecule has 4 nitrogen and oxygen atoms in total. The number of likely N-dealkylation sites (N-methyl/N-ethyl adjacent to an activating group) is 1. The van der Waals surface area contributed by atoms with E-state index in [2.05, 4.69) is 5.32 Å². The second-order valence-corrected chi connectivity index (χ2v) is 4.82. The van der Waals surface area contributed by atoms with Crippen LogP contribution in [0.2, 0.25) is 0 Å². The monoisotopic (exact) mass is 266 g/mol. The van der Waals surface area contributed by atoms with Crippen molar-refractivity contribution in [1.29, 1.82) is 0 Å². The van der Waals surface area contributed by atoms with Crippen molar-refractivity contribution < 1.29 is 13.9 Å². The molecule has 1 aliphatic rings. The molecular formula is C14H19FN2O2. The Balaban J connectivity index is 1.69. The van der Waals surface area contributed by atoms with E-state index in [0.29, 0.717) is 25.5 Å². The van der Waals surface area contributed by atoms with Crippen molar-refractivity contribution in [1.82, 2.24) is 10.2 Å².